The Balaban J connectivity index is 2.60. The van der Waals surface area contributed by atoms with Crippen molar-refractivity contribution >= 4 is 23.3 Å². The molecule has 0 saturated carbocycles. The number of rotatable bonds is 6. The Bertz CT molecular complexity index is 955. The number of Topliss-reactive ketones (excluding diaryl/α,β-unsaturated/α-hetero) is 1. The van der Waals surface area contributed by atoms with Gasteiger partial charge in [0.25, 0.3) is 0 Å². The van der Waals surface area contributed by atoms with Crippen molar-refractivity contribution in [2.45, 2.75) is 40.5 Å². The highest BCUT2D eigenvalue weighted by Gasteiger charge is 2.34. The summed E-state index contributed by atoms with van der Waals surface area (Å²) in [6.07, 6.45) is 0. The SMILES string of the molecule is COC(=O)C(C(=O)c1ccc(OC)cc1)c1cc(C)c(C)cc1NC(=O)C(C)(C)C. The van der Waals surface area contributed by atoms with Crippen LogP contribution in [0.2, 0.25) is 0 Å². The summed E-state index contributed by atoms with van der Waals surface area (Å²) in [4.78, 5) is 38.7. The lowest BCUT2D eigenvalue weighted by molar-refractivity contribution is -0.141. The zero-order valence-corrected chi connectivity index (χ0v) is 18.6. The van der Waals surface area contributed by atoms with Gasteiger partial charge >= 0.3 is 5.97 Å². The zero-order chi connectivity index (χ0) is 22.6. The molecule has 0 bridgehead atoms. The number of ketones is 1. The second-order valence-electron chi connectivity index (χ2n) is 8.28. The van der Waals surface area contributed by atoms with Crippen LogP contribution in [0.25, 0.3) is 0 Å². The molecule has 0 saturated heterocycles. The van der Waals surface area contributed by atoms with Gasteiger partial charge in [-0.25, -0.2) is 0 Å². The molecule has 0 heterocycles. The van der Waals surface area contributed by atoms with Crippen molar-refractivity contribution in [3.05, 3.63) is 58.7 Å². The molecule has 0 aliphatic carbocycles. The number of carbonyl (C=O) groups excluding carboxylic acids is 3. The summed E-state index contributed by atoms with van der Waals surface area (Å²) < 4.78 is 10.1. The molecule has 1 amide bonds. The van der Waals surface area contributed by atoms with Crippen molar-refractivity contribution in [1.29, 1.82) is 0 Å². The Morgan fingerprint density at radius 1 is 0.933 bits per heavy atom. The Hall–Kier alpha value is -3.15. The molecule has 1 unspecified atom stereocenters. The lowest BCUT2D eigenvalue weighted by Gasteiger charge is -2.23. The number of hydrogen-bond donors (Lipinski definition) is 1. The minimum Gasteiger partial charge on any atom is -0.497 e. The average Bonchev–Trinajstić information content (AvgIpc) is 2.70. The molecule has 0 spiro atoms. The van der Waals surface area contributed by atoms with Crippen molar-refractivity contribution in [1.82, 2.24) is 0 Å². The summed E-state index contributed by atoms with van der Waals surface area (Å²) in [5.41, 5.74) is 2.37. The minimum atomic E-state index is -1.21. The van der Waals surface area contributed by atoms with Crippen molar-refractivity contribution < 1.29 is 23.9 Å². The number of nitrogens with one attached hydrogen (secondary N) is 1. The summed E-state index contributed by atoms with van der Waals surface area (Å²) in [7, 11) is 2.78. The van der Waals surface area contributed by atoms with E-state index < -0.39 is 23.1 Å². The molecule has 30 heavy (non-hydrogen) atoms. The predicted octanol–water partition coefficient (Wildman–Crippen LogP) is 4.44. The largest absolute Gasteiger partial charge is 0.497 e. The quantitative estimate of drug-likeness (QED) is 0.432. The number of aryl methyl sites for hydroxylation is 2. The molecule has 160 valence electrons. The third-order valence-corrected chi connectivity index (χ3v) is 4.98. The fraction of sp³-hybridized carbons (Fsp3) is 0.375. The van der Waals surface area contributed by atoms with E-state index in [4.69, 9.17) is 9.47 Å². The van der Waals surface area contributed by atoms with E-state index in [1.165, 1.54) is 14.2 Å². The summed E-state index contributed by atoms with van der Waals surface area (Å²) in [6, 6.07) is 10.1. The Morgan fingerprint density at radius 2 is 1.50 bits per heavy atom. The maximum absolute atomic E-state index is 13.3. The fourth-order valence-electron chi connectivity index (χ4n) is 2.91. The Morgan fingerprint density at radius 3 is 2.00 bits per heavy atom. The molecule has 2 aromatic carbocycles. The minimum absolute atomic E-state index is 0.215. The third-order valence-electron chi connectivity index (χ3n) is 4.98. The zero-order valence-electron chi connectivity index (χ0n) is 18.6. The van der Waals surface area contributed by atoms with Crippen LogP contribution in [0.4, 0.5) is 5.69 Å². The topological polar surface area (TPSA) is 81.7 Å². The van der Waals surface area contributed by atoms with Crippen molar-refractivity contribution in [3.8, 4) is 5.75 Å². The second-order valence-corrected chi connectivity index (χ2v) is 8.28. The molecule has 6 nitrogen and oxygen atoms in total. The Labute approximate surface area is 177 Å². The first kappa shape index (κ1) is 23.1. The van der Waals surface area contributed by atoms with E-state index >= 15 is 0 Å². The summed E-state index contributed by atoms with van der Waals surface area (Å²) in [5.74, 6) is -1.93. The fourth-order valence-corrected chi connectivity index (χ4v) is 2.91. The van der Waals surface area contributed by atoms with Gasteiger partial charge in [-0.2, -0.15) is 0 Å². The molecule has 0 aromatic heterocycles. The molecule has 0 aliphatic heterocycles. The second kappa shape index (κ2) is 9.11. The van der Waals surface area contributed by atoms with Gasteiger partial charge in [0.15, 0.2) is 5.78 Å². The highest BCUT2D eigenvalue weighted by molar-refractivity contribution is 6.14. The van der Waals surface area contributed by atoms with Crippen LogP contribution in [0.5, 0.6) is 5.75 Å². The van der Waals surface area contributed by atoms with Crippen LogP contribution in [-0.2, 0) is 14.3 Å². The Kier molecular flexibility index (Phi) is 7.03. The monoisotopic (exact) mass is 411 g/mol. The average molecular weight is 411 g/mol. The highest BCUT2D eigenvalue weighted by Crippen LogP contribution is 2.33. The molecular formula is C24H29NO5. The molecule has 0 fully saturated rings. The van der Waals surface area contributed by atoms with Gasteiger partial charge in [0.2, 0.25) is 5.91 Å². The highest BCUT2D eigenvalue weighted by atomic mass is 16.5. The first-order valence-electron chi connectivity index (χ1n) is 9.68. The van der Waals surface area contributed by atoms with Gasteiger partial charge in [0, 0.05) is 16.7 Å². The lowest BCUT2D eigenvalue weighted by Crippen LogP contribution is -2.30. The molecule has 2 aromatic rings. The number of esters is 1. The van der Waals surface area contributed by atoms with E-state index in [1.54, 1.807) is 57.2 Å². The first-order chi connectivity index (χ1) is 14.0. The lowest BCUT2D eigenvalue weighted by atomic mass is 9.87. The van der Waals surface area contributed by atoms with Crippen LogP contribution in [0.3, 0.4) is 0 Å². The molecular weight excluding hydrogens is 382 g/mol. The van der Waals surface area contributed by atoms with Gasteiger partial charge in [0.05, 0.1) is 14.2 Å². The van der Waals surface area contributed by atoms with Crippen LogP contribution in [0.1, 0.15) is 53.7 Å². The smallest absolute Gasteiger partial charge is 0.321 e. The molecule has 1 atom stereocenters. The number of amides is 1. The van der Waals surface area contributed by atoms with Crippen LogP contribution < -0.4 is 10.1 Å². The van der Waals surface area contributed by atoms with Crippen LogP contribution in [0, 0.1) is 19.3 Å². The standard InChI is InChI=1S/C24H29NO5/c1-14-12-18(19(13-15(14)2)25-23(28)24(3,4)5)20(22(27)30-7)21(26)16-8-10-17(29-6)11-9-16/h8-13,20H,1-7H3,(H,25,28). The van der Waals surface area contributed by atoms with Crippen molar-refractivity contribution in [2.24, 2.45) is 5.41 Å². The molecule has 0 aliphatic rings. The first-order valence-corrected chi connectivity index (χ1v) is 9.68. The van der Waals surface area contributed by atoms with E-state index in [9.17, 15) is 14.4 Å². The van der Waals surface area contributed by atoms with E-state index in [0.29, 0.717) is 22.6 Å². The van der Waals surface area contributed by atoms with Gasteiger partial charge in [-0.15, -0.1) is 0 Å². The van der Waals surface area contributed by atoms with E-state index in [0.717, 1.165) is 11.1 Å². The maximum Gasteiger partial charge on any atom is 0.321 e. The van der Waals surface area contributed by atoms with E-state index in [2.05, 4.69) is 5.32 Å². The number of anilines is 1. The van der Waals surface area contributed by atoms with Crippen molar-refractivity contribution in [3.63, 3.8) is 0 Å². The number of hydrogen-bond acceptors (Lipinski definition) is 5. The molecule has 2 rings (SSSR count). The summed E-state index contributed by atoms with van der Waals surface area (Å²) >= 11 is 0. The summed E-state index contributed by atoms with van der Waals surface area (Å²) in [6.45, 7) is 9.18. The predicted molar refractivity (Wildman–Crippen MR) is 116 cm³/mol. The molecule has 1 N–H and O–H groups in total. The van der Waals surface area contributed by atoms with Gasteiger partial charge in [-0.1, -0.05) is 26.8 Å². The van der Waals surface area contributed by atoms with Crippen LogP contribution >= 0.6 is 0 Å². The third kappa shape index (κ3) is 5.06. The maximum atomic E-state index is 13.3. The number of methoxy groups -OCH3 is 2. The number of carbonyl (C=O) groups is 3. The van der Waals surface area contributed by atoms with Gasteiger partial charge in [-0.3, -0.25) is 14.4 Å². The van der Waals surface area contributed by atoms with Crippen LogP contribution in [0.15, 0.2) is 36.4 Å². The molecule has 0 radical (unpaired) electrons. The van der Waals surface area contributed by atoms with Crippen molar-refractivity contribution in [2.75, 3.05) is 19.5 Å². The van der Waals surface area contributed by atoms with Gasteiger partial charge in [0.1, 0.15) is 11.7 Å². The number of ether oxygens (including phenoxy) is 2. The van der Waals surface area contributed by atoms with E-state index in [-0.39, 0.29) is 5.91 Å². The normalized spacial score (nSPS) is 12.1. The van der Waals surface area contributed by atoms with Gasteiger partial charge in [-0.05, 0) is 60.9 Å². The van der Waals surface area contributed by atoms with Crippen LogP contribution in [-0.4, -0.2) is 31.9 Å². The number of benzene rings is 2. The summed E-state index contributed by atoms with van der Waals surface area (Å²) in [5, 5.41) is 2.88. The molecule has 6 heteroatoms. The van der Waals surface area contributed by atoms with Gasteiger partial charge < -0.3 is 14.8 Å². The van der Waals surface area contributed by atoms with E-state index in [1.807, 2.05) is 13.8 Å².